The van der Waals surface area contributed by atoms with Crippen molar-refractivity contribution < 1.29 is 14.6 Å². The zero-order valence-corrected chi connectivity index (χ0v) is 13.2. The van der Waals surface area contributed by atoms with Crippen molar-refractivity contribution in [1.29, 1.82) is 0 Å². The predicted molar refractivity (Wildman–Crippen MR) is 84.6 cm³/mol. The highest BCUT2D eigenvalue weighted by Gasteiger charge is 2.30. The molecule has 0 radical (unpaired) electrons. The Bertz CT molecular complexity index is 583. The fourth-order valence-corrected chi connectivity index (χ4v) is 2.86. The Hall–Kier alpha value is -1.23. The normalized spacial score (nSPS) is 11.6. The number of aliphatic hydroxyl groups is 2. The van der Waals surface area contributed by atoms with E-state index in [1.54, 1.807) is 12.1 Å². The van der Waals surface area contributed by atoms with Crippen LogP contribution in [-0.2, 0) is 12.8 Å². The van der Waals surface area contributed by atoms with E-state index in [0.717, 1.165) is 10.0 Å². The van der Waals surface area contributed by atoms with E-state index in [9.17, 15) is 14.6 Å². The molecular weight excluding hydrogens is 335 g/mol. The van der Waals surface area contributed by atoms with Gasteiger partial charge in [-0.3, -0.25) is 0 Å². The third-order valence-corrected chi connectivity index (χ3v) is 4.16. The molecule has 0 atom stereocenters. The van der Waals surface area contributed by atoms with Crippen LogP contribution in [0.2, 0.25) is 0 Å². The third-order valence-electron chi connectivity index (χ3n) is 3.67. The largest absolute Gasteiger partial charge is 0.396 e. The first-order chi connectivity index (χ1) is 10.1. The Kier molecular flexibility index (Phi) is 5.51. The number of benzene rings is 2. The number of hydrogen-bond donors (Lipinski definition) is 2. The molecule has 21 heavy (non-hydrogen) atoms. The Balaban J connectivity index is 2.27. The quantitative estimate of drug-likeness (QED) is 0.836. The number of hydrogen-bond acceptors (Lipinski definition) is 2. The van der Waals surface area contributed by atoms with Gasteiger partial charge in [0.1, 0.15) is 5.82 Å². The zero-order chi connectivity index (χ0) is 15.3. The van der Waals surface area contributed by atoms with Gasteiger partial charge in [-0.05, 0) is 42.2 Å². The smallest absolute Gasteiger partial charge is 0.126 e. The van der Waals surface area contributed by atoms with E-state index in [2.05, 4.69) is 15.9 Å². The molecule has 0 heterocycles. The molecule has 2 aromatic rings. The summed E-state index contributed by atoms with van der Waals surface area (Å²) in [5.74, 6) is -0.322. The van der Waals surface area contributed by atoms with E-state index in [-0.39, 0.29) is 25.5 Å². The summed E-state index contributed by atoms with van der Waals surface area (Å²) in [6.07, 6.45) is 0.771. The van der Waals surface area contributed by atoms with Crippen LogP contribution < -0.4 is 0 Å². The monoisotopic (exact) mass is 352 g/mol. The van der Waals surface area contributed by atoms with Crippen LogP contribution in [0.3, 0.4) is 0 Å². The van der Waals surface area contributed by atoms with Crippen LogP contribution in [0.4, 0.5) is 4.39 Å². The van der Waals surface area contributed by atoms with Gasteiger partial charge < -0.3 is 10.2 Å². The molecule has 0 bridgehead atoms. The molecule has 0 aliphatic heterocycles. The Labute approximate surface area is 132 Å². The van der Waals surface area contributed by atoms with Crippen LogP contribution in [0.25, 0.3) is 0 Å². The first-order valence-corrected chi connectivity index (χ1v) is 7.57. The van der Waals surface area contributed by atoms with Crippen molar-refractivity contribution in [3.8, 4) is 0 Å². The highest BCUT2D eigenvalue weighted by Crippen LogP contribution is 2.29. The van der Waals surface area contributed by atoms with Gasteiger partial charge in [0, 0.05) is 9.89 Å². The lowest BCUT2D eigenvalue weighted by Crippen LogP contribution is -2.35. The molecule has 0 saturated carbocycles. The van der Waals surface area contributed by atoms with Crippen molar-refractivity contribution in [1.82, 2.24) is 0 Å². The molecule has 0 aromatic heterocycles. The minimum Gasteiger partial charge on any atom is -0.396 e. The summed E-state index contributed by atoms with van der Waals surface area (Å²) >= 11 is 3.32. The summed E-state index contributed by atoms with van der Waals surface area (Å²) in [7, 11) is 0. The van der Waals surface area contributed by atoms with E-state index in [0.29, 0.717) is 12.0 Å². The van der Waals surface area contributed by atoms with Gasteiger partial charge in [0.2, 0.25) is 0 Å². The average molecular weight is 353 g/mol. The first-order valence-electron chi connectivity index (χ1n) is 6.78. The zero-order valence-electron chi connectivity index (χ0n) is 11.6. The maximum atomic E-state index is 13.9. The summed E-state index contributed by atoms with van der Waals surface area (Å²) in [6, 6.07) is 14.3. The molecule has 0 aliphatic carbocycles. The SMILES string of the molecule is OCC(CO)(Cc1ccccc1)Cc1cc(Br)ccc1F. The Morgan fingerprint density at radius 1 is 0.952 bits per heavy atom. The van der Waals surface area contributed by atoms with Gasteiger partial charge in [-0.1, -0.05) is 46.3 Å². The second-order valence-corrected chi connectivity index (χ2v) is 6.31. The molecule has 4 heteroatoms. The lowest BCUT2D eigenvalue weighted by Gasteiger charge is -2.30. The van der Waals surface area contributed by atoms with Crippen molar-refractivity contribution in [2.24, 2.45) is 5.41 Å². The van der Waals surface area contributed by atoms with Crippen molar-refractivity contribution in [3.05, 3.63) is 69.9 Å². The molecule has 0 fully saturated rings. The maximum Gasteiger partial charge on any atom is 0.126 e. The molecule has 0 spiro atoms. The van der Waals surface area contributed by atoms with Crippen LogP contribution in [0.15, 0.2) is 53.0 Å². The van der Waals surface area contributed by atoms with Gasteiger partial charge in [-0.2, -0.15) is 0 Å². The van der Waals surface area contributed by atoms with Crippen molar-refractivity contribution in [3.63, 3.8) is 0 Å². The topological polar surface area (TPSA) is 40.5 Å². The molecule has 2 aromatic carbocycles. The molecular formula is C17H18BrFO2. The lowest BCUT2D eigenvalue weighted by atomic mass is 9.78. The number of rotatable bonds is 6. The van der Waals surface area contributed by atoms with E-state index >= 15 is 0 Å². The van der Waals surface area contributed by atoms with Gasteiger partial charge in [0.05, 0.1) is 13.2 Å². The van der Waals surface area contributed by atoms with Gasteiger partial charge in [0.25, 0.3) is 0 Å². The second kappa shape index (κ2) is 7.16. The predicted octanol–water partition coefficient (Wildman–Crippen LogP) is 3.34. The Morgan fingerprint density at radius 3 is 2.24 bits per heavy atom. The minimum absolute atomic E-state index is 0.204. The van der Waals surface area contributed by atoms with Crippen LogP contribution in [0.5, 0.6) is 0 Å². The Morgan fingerprint density at radius 2 is 1.62 bits per heavy atom. The standard InChI is InChI=1S/C17H18BrFO2/c18-15-6-7-16(19)14(8-15)10-17(11-20,12-21)9-13-4-2-1-3-5-13/h1-8,20-21H,9-12H2. The summed E-state index contributed by atoms with van der Waals surface area (Å²) < 4.78 is 14.7. The summed E-state index contributed by atoms with van der Waals surface area (Å²) in [4.78, 5) is 0. The summed E-state index contributed by atoms with van der Waals surface area (Å²) in [5.41, 5.74) is 0.725. The fraction of sp³-hybridized carbons (Fsp3) is 0.294. The van der Waals surface area contributed by atoms with Crippen molar-refractivity contribution >= 4 is 15.9 Å². The first kappa shape index (κ1) is 16.1. The van der Waals surface area contributed by atoms with E-state index < -0.39 is 5.41 Å². The molecule has 0 aliphatic rings. The molecule has 2 nitrogen and oxygen atoms in total. The van der Waals surface area contributed by atoms with Crippen LogP contribution in [0.1, 0.15) is 11.1 Å². The van der Waals surface area contributed by atoms with Crippen molar-refractivity contribution in [2.75, 3.05) is 13.2 Å². The van der Waals surface area contributed by atoms with E-state index in [1.807, 2.05) is 30.3 Å². The second-order valence-electron chi connectivity index (χ2n) is 5.39. The highest BCUT2D eigenvalue weighted by molar-refractivity contribution is 9.10. The maximum absolute atomic E-state index is 13.9. The molecule has 2 N–H and O–H groups in total. The molecule has 0 saturated heterocycles. The van der Waals surface area contributed by atoms with Crippen LogP contribution >= 0.6 is 15.9 Å². The van der Waals surface area contributed by atoms with E-state index in [1.165, 1.54) is 6.07 Å². The van der Waals surface area contributed by atoms with Gasteiger partial charge in [0.15, 0.2) is 0 Å². The van der Waals surface area contributed by atoms with Crippen LogP contribution in [-0.4, -0.2) is 23.4 Å². The highest BCUT2D eigenvalue weighted by atomic mass is 79.9. The molecule has 0 unspecified atom stereocenters. The third kappa shape index (κ3) is 4.13. The summed E-state index contributed by atoms with van der Waals surface area (Å²) in [5, 5.41) is 19.5. The molecule has 112 valence electrons. The molecule has 2 rings (SSSR count). The minimum atomic E-state index is -0.775. The van der Waals surface area contributed by atoms with Crippen LogP contribution in [0, 0.1) is 11.2 Å². The summed E-state index contributed by atoms with van der Waals surface area (Å²) in [6.45, 7) is -0.408. The van der Waals surface area contributed by atoms with Gasteiger partial charge >= 0.3 is 0 Å². The lowest BCUT2D eigenvalue weighted by molar-refractivity contribution is 0.0541. The number of aliphatic hydroxyl groups excluding tert-OH is 2. The van der Waals surface area contributed by atoms with Gasteiger partial charge in [-0.15, -0.1) is 0 Å². The average Bonchev–Trinajstić information content (AvgIpc) is 2.51. The van der Waals surface area contributed by atoms with Gasteiger partial charge in [-0.25, -0.2) is 4.39 Å². The van der Waals surface area contributed by atoms with Crippen molar-refractivity contribution in [2.45, 2.75) is 12.8 Å². The molecule has 0 amide bonds. The fourth-order valence-electron chi connectivity index (χ4n) is 2.45. The number of halogens is 2. The van der Waals surface area contributed by atoms with E-state index in [4.69, 9.17) is 0 Å².